The number of benzene rings is 2. The van der Waals surface area contributed by atoms with Crippen LogP contribution in [0.5, 0.6) is 0 Å². The molecule has 8 heteroatoms. The maximum atomic E-state index is 12.8. The van der Waals surface area contributed by atoms with E-state index in [2.05, 4.69) is 31.3 Å². The van der Waals surface area contributed by atoms with E-state index in [9.17, 15) is 30.3 Å². The Morgan fingerprint density at radius 3 is 2.21 bits per heavy atom. The summed E-state index contributed by atoms with van der Waals surface area (Å²) < 4.78 is 5.87. The molecule has 1 heterocycles. The highest BCUT2D eigenvalue weighted by atomic mass is 16.5. The van der Waals surface area contributed by atoms with Crippen LogP contribution in [0, 0.1) is 19.3 Å². The Balaban J connectivity index is 1.91. The summed E-state index contributed by atoms with van der Waals surface area (Å²) in [6.07, 6.45) is -1.56. The number of aliphatic hydroxyl groups excluding tert-OH is 5. The number of ether oxygens (including phenoxy) is 1. The van der Waals surface area contributed by atoms with E-state index in [0.29, 0.717) is 12.0 Å². The molecule has 1 aliphatic rings. The third-order valence-corrected chi connectivity index (χ3v) is 8.22. The molecule has 0 aromatic heterocycles. The Morgan fingerprint density at radius 2 is 1.62 bits per heavy atom. The lowest BCUT2D eigenvalue weighted by atomic mass is 9.85. The van der Waals surface area contributed by atoms with Crippen LogP contribution in [-0.2, 0) is 16.0 Å². The fourth-order valence-electron chi connectivity index (χ4n) is 5.28. The number of carbonyl (C=O) groups is 1. The molecule has 1 fully saturated rings. The van der Waals surface area contributed by atoms with Gasteiger partial charge >= 0.3 is 0 Å². The highest BCUT2D eigenvalue weighted by Crippen LogP contribution is 2.36. The van der Waals surface area contributed by atoms with Gasteiger partial charge in [-0.05, 0) is 92.8 Å². The monoisotopic (exact) mass is 583 g/mol. The van der Waals surface area contributed by atoms with E-state index in [0.717, 1.165) is 27.8 Å². The number of amides is 1. The summed E-state index contributed by atoms with van der Waals surface area (Å²) in [7, 11) is 0. The maximum absolute atomic E-state index is 12.8. The molecule has 2 aromatic carbocycles. The van der Waals surface area contributed by atoms with Crippen LogP contribution in [0.4, 0.5) is 0 Å². The zero-order valence-electron chi connectivity index (χ0n) is 26.2. The molecule has 0 radical (unpaired) electrons. The van der Waals surface area contributed by atoms with Gasteiger partial charge in [0.15, 0.2) is 0 Å². The van der Waals surface area contributed by atoms with Crippen LogP contribution in [0.1, 0.15) is 92.5 Å². The van der Waals surface area contributed by atoms with E-state index in [1.54, 1.807) is 13.8 Å². The van der Waals surface area contributed by atoms with Crippen LogP contribution < -0.4 is 5.32 Å². The van der Waals surface area contributed by atoms with Gasteiger partial charge in [0.25, 0.3) is 0 Å². The summed E-state index contributed by atoms with van der Waals surface area (Å²) in [6, 6.07) is 10.3. The normalized spacial score (nSPS) is 23.5. The predicted molar refractivity (Wildman–Crippen MR) is 164 cm³/mol. The third-order valence-electron chi connectivity index (χ3n) is 8.22. The van der Waals surface area contributed by atoms with Crippen molar-refractivity contribution in [3.05, 3.63) is 75.4 Å². The standard InChI is InChI=1S/C34H49NO7/c1-19(2)25-14-22(11-12-33(5,6)32(41)35-34(7,8)18-37)9-10-23(25)15-24-16-26(21(4)13-20(24)3)31-30(40)29(39)28(38)27(17-36)42-31/h9-14,16,19,27-31,36-40H,15,17-18H2,1-8H3,(H,35,41)/b12-11+/t27-,28-,29+,30-,31+/m1/s1. The highest BCUT2D eigenvalue weighted by Gasteiger charge is 2.44. The molecule has 1 aliphatic heterocycles. The van der Waals surface area contributed by atoms with Crippen LogP contribution in [0.15, 0.2) is 36.4 Å². The molecular formula is C34H49NO7. The summed E-state index contributed by atoms with van der Waals surface area (Å²) in [5.74, 6) is 0.0780. The van der Waals surface area contributed by atoms with Crippen molar-refractivity contribution in [2.24, 2.45) is 5.41 Å². The minimum absolute atomic E-state index is 0.151. The molecular weight excluding hydrogens is 534 g/mol. The van der Waals surface area contributed by atoms with E-state index in [4.69, 9.17) is 4.74 Å². The summed E-state index contributed by atoms with van der Waals surface area (Å²) >= 11 is 0. The van der Waals surface area contributed by atoms with Crippen LogP contribution in [0.2, 0.25) is 0 Å². The van der Waals surface area contributed by atoms with Crippen LogP contribution in [-0.4, -0.2) is 74.6 Å². The molecule has 42 heavy (non-hydrogen) atoms. The molecule has 1 saturated heterocycles. The first-order chi connectivity index (χ1) is 19.5. The molecule has 232 valence electrons. The number of aliphatic hydroxyl groups is 5. The summed E-state index contributed by atoms with van der Waals surface area (Å²) in [5, 5.41) is 53.4. The van der Waals surface area contributed by atoms with Crippen molar-refractivity contribution < 1.29 is 35.1 Å². The molecule has 0 bridgehead atoms. The van der Waals surface area contributed by atoms with Crippen LogP contribution >= 0.6 is 0 Å². The topological polar surface area (TPSA) is 139 Å². The predicted octanol–water partition coefficient (Wildman–Crippen LogP) is 3.46. The number of hydrogen-bond acceptors (Lipinski definition) is 7. The zero-order valence-corrected chi connectivity index (χ0v) is 26.2. The molecule has 2 aromatic rings. The van der Waals surface area contributed by atoms with Gasteiger partial charge in [-0.1, -0.05) is 56.3 Å². The second kappa shape index (κ2) is 13.4. The summed E-state index contributed by atoms with van der Waals surface area (Å²) in [5.41, 5.74) is 5.55. The number of carbonyl (C=O) groups excluding carboxylic acids is 1. The third kappa shape index (κ3) is 7.67. The molecule has 0 saturated carbocycles. The average Bonchev–Trinajstić information content (AvgIpc) is 2.92. The molecule has 5 atom stereocenters. The number of hydrogen-bond donors (Lipinski definition) is 6. The minimum Gasteiger partial charge on any atom is -0.394 e. The van der Waals surface area contributed by atoms with E-state index in [-0.39, 0.29) is 18.4 Å². The lowest BCUT2D eigenvalue weighted by Gasteiger charge is -2.40. The van der Waals surface area contributed by atoms with Gasteiger partial charge in [0.1, 0.15) is 30.5 Å². The van der Waals surface area contributed by atoms with Crippen molar-refractivity contribution in [2.75, 3.05) is 13.2 Å². The fraction of sp³-hybridized carbons (Fsp3) is 0.559. The summed E-state index contributed by atoms with van der Waals surface area (Å²) in [6.45, 7) is 14.9. The Kier molecular flexibility index (Phi) is 10.8. The van der Waals surface area contributed by atoms with Gasteiger partial charge in [0, 0.05) is 0 Å². The maximum Gasteiger partial charge on any atom is 0.229 e. The Morgan fingerprint density at radius 1 is 0.952 bits per heavy atom. The average molecular weight is 584 g/mol. The van der Waals surface area contributed by atoms with Gasteiger partial charge in [0.2, 0.25) is 5.91 Å². The quantitative estimate of drug-likeness (QED) is 0.252. The van der Waals surface area contributed by atoms with Crippen LogP contribution in [0.25, 0.3) is 6.08 Å². The number of nitrogens with one attached hydrogen (secondary N) is 1. The van der Waals surface area contributed by atoms with Crippen molar-refractivity contribution in [3.8, 4) is 0 Å². The largest absolute Gasteiger partial charge is 0.394 e. The lowest BCUT2D eigenvalue weighted by molar-refractivity contribution is -0.231. The van der Waals surface area contributed by atoms with Crippen LogP contribution in [0.3, 0.4) is 0 Å². The second-order valence-electron chi connectivity index (χ2n) is 13.2. The van der Waals surface area contributed by atoms with Gasteiger partial charge in [-0.25, -0.2) is 0 Å². The molecule has 0 aliphatic carbocycles. The van der Waals surface area contributed by atoms with Crippen molar-refractivity contribution in [1.82, 2.24) is 5.32 Å². The molecule has 0 unspecified atom stereocenters. The van der Waals surface area contributed by atoms with E-state index in [1.807, 2.05) is 58.0 Å². The second-order valence-corrected chi connectivity index (χ2v) is 13.2. The smallest absolute Gasteiger partial charge is 0.229 e. The molecule has 6 N–H and O–H groups in total. The molecule has 8 nitrogen and oxygen atoms in total. The molecule has 0 spiro atoms. The van der Waals surface area contributed by atoms with Gasteiger partial charge in [0.05, 0.1) is 24.2 Å². The molecule has 1 amide bonds. The molecule has 3 rings (SSSR count). The zero-order chi connectivity index (χ0) is 31.6. The first-order valence-corrected chi connectivity index (χ1v) is 14.7. The van der Waals surface area contributed by atoms with Gasteiger partial charge in [-0.2, -0.15) is 0 Å². The highest BCUT2D eigenvalue weighted by molar-refractivity contribution is 5.85. The fourth-order valence-corrected chi connectivity index (χ4v) is 5.28. The summed E-state index contributed by atoms with van der Waals surface area (Å²) in [4.78, 5) is 12.8. The van der Waals surface area contributed by atoms with Crippen molar-refractivity contribution in [2.45, 2.75) is 104 Å². The van der Waals surface area contributed by atoms with E-state index < -0.39 is 48.1 Å². The number of rotatable bonds is 10. The Bertz CT molecular complexity index is 1280. The first-order valence-electron chi connectivity index (χ1n) is 14.7. The Labute approximate surface area is 250 Å². The number of aryl methyl sites for hydroxylation is 2. The van der Waals surface area contributed by atoms with E-state index >= 15 is 0 Å². The Hall–Kier alpha value is -2.59. The van der Waals surface area contributed by atoms with Crippen molar-refractivity contribution in [1.29, 1.82) is 0 Å². The lowest BCUT2D eigenvalue weighted by Crippen LogP contribution is -2.55. The van der Waals surface area contributed by atoms with Crippen molar-refractivity contribution in [3.63, 3.8) is 0 Å². The van der Waals surface area contributed by atoms with Gasteiger partial charge < -0.3 is 35.6 Å². The van der Waals surface area contributed by atoms with Gasteiger partial charge in [-0.15, -0.1) is 0 Å². The van der Waals surface area contributed by atoms with Gasteiger partial charge in [-0.3, -0.25) is 4.79 Å². The van der Waals surface area contributed by atoms with Crippen molar-refractivity contribution >= 4 is 12.0 Å². The SMILES string of the molecule is Cc1cc(C)c([C@@H]2O[C@H](CO)[C@@H](O)[C@H](O)[C@H]2O)cc1Cc1ccc(/C=C/C(C)(C)C(=O)NC(C)(C)CO)cc1C(C)C. The van der Waals surface area contributed by atoms with E-state index in [1.165, 1.54) is 5.56 Å². The first kappa shape index (κ1) is 33.9. The minimum atomic E-state index is -1.43.